The van der Waals surface area contributed by atoms with E-state index >= 15 is 0 Å². The third kappa shape index (κ3) is 1.47. The van der Waals surface area contributed by atoms with Crippen molar-refractivity contribution in [2.75, 3.05) is 20.3 Å². The summed E-state index contributed by atoms with van der Waals surface area (Å²) in [5.74, 6) is 0.854. The summed E-state index contributed by atoms with van der Waals surface area (Å²) < 4.78 is 10.3. The second-order valence-electron chi connectivity index (χ2n) is 3.87. The molecule has 0 atom stereocenters. The van der Waals surface area contributed by atoms with E-state index in [9.17, 15) is 0 Å². The minimum atomic E-state index is -0.434. The minimum absolute atomic E-state index is 0.434. The van der Waals surface area contributed by atoms with Crippen molar-refractivity contribution in [2.45, 2.75) is 12.3 Å². The number of hydrogen-bond donors (Lipinski definition) is 0. The fraction of sp³-hybridized carbons (Fsp3) is 0.417. The summed E-state index contributed by atoms with van der Waals surface area (Å²) in [5, 5.41) is 9.15. The summed E-state index contributed by atoms with van der Waals surface area (Å²) in [5.41, 5.74) is 1.64. The molecule has 0 aromatic heterocycles. The maximum atomic E-state index is 9.15. The lowest BCUT2D eigenvalue weighted by molar-refractivity contribution is -0.0298. The molecule has 1 aromatic carbocycles. The molecule has 3 heteroatoms. The predicted molar refractivity (Wildman–Crippen MR) is 55.8 cm³/mol. The average molecular weight is 203 g/mol. The summed E-state index contributed by atoms with van der Waals surface area (Å²) >= 11 is 0. The Morgan fingerprint density at radius 3 is 2.60 bits per heavy atom. The lowest BCUT2D eigenvalue weighted by Crippen LogP contribution is -2.45. The SMILES string of the molecule is COc1ccc(C2(C#N)COC2)cc1C. The lowest BCUT2D eigenvalue weighted by Gasteiger charge is -2.35. The van der Waals surface area contributed by atoms with E-state index in [1.807, 2.05) is 25.1 Å². The number of benzene rings is 1. The summed E-state index contributed by atoms with van der Waals surface area (Å²) in [7, 11) is 1.65. The summed E-state index contributed by atoms with van der Waals surface area (Å²) in [6, 6.07) is 8.18. The highest BCUT2D eigenvalue weighted by Gasteiger charge is 2.40. The molecule has 0 aliphatic carbocycles. The van der Waals surface area contributed by atoms with Crippen LogP contribution in [0.2, 0.25) is 0 Å². The molecule has 1 aliphatic rings. The smallest absolute Gasteiger partial charge is 0.129 e. The van der Waals surface area contributed by atoms with Gasteiger partial charge in [0, 0.05) is 0 Å². The molecule has 1 aromatic rings. The van der Waals surface area contributed by atoms with Crippen LogP contribution in [-0.2, 0) is 10.2 Å². The molecule has 0 saturated carbocycles. The van der Waals surface area contributed by atoms with Gasteiger partial charge in [0.2, 0.25) is 0 Å². The molecule has 0 bridgehead atoms. The molecule has 78 valence electrons. The zero-order valence-electron chi connectivity index (χ0n) is 8.91. The Balaban J connectivity index is 2.38. The molecule has 0 amide bonds. The first-order valence-corrected chi connectivity index (χ1v) is 4.86. The molecule has 15 heavy (non-hydrogen) atoms. The first kappa shape index (κ1) is 10.0. The van der Waals surface area contributed by atoms with E-state index in [4.69, 9.17) is 14.7 Å². The molecule has 0 N–H and O–H groups in total. The van der Waals surface area contributed by atoms with E-state index in [1.165, 1.54) is 0 Å². The maximum absolute atomic E-state index is 9.15. The summed E-state index contributed by atoms with van der Waals surface area (Å²) in [4.78, 5) is 0. The number of nitrogens with zero attached hydrogens (tertiary/aromatic N) is 1. The van der Waals surface area contributed by atoms with Crippen molar-refractivity contribution >= 4 is 0 Å². The second-order valence-corrected chi connectivity index (χ2v) is 3.87. The van der Waals surface area contributed by atoms with Gasteiger partial charge in [-0.3, -0.25) is 0 Å². The average Bonchev–Trinajstić information content (AvgIpc) is 2.17. The highest BCUT2D eigenvalue weighted by molar-refractivity contribution is 5.43. The Morgan fingerprint density at radius 2 is 2.20 bits per heavy atom. The van der Waals surface area contributed by atoms with Crippen LogP contribution < -0.4 is 4.74 Å². The molecule has 1 heterocycles. The quantitative estimate of drug-likeness (QED) is 0.736. The second kappa shape index (κ2) is 3.56. The Kier molecular flexibility index (Phi) is 2.37. The van der Waals surface area contributed by atoms with Crippen LogP contribution in [0.15, 0.2) is 18.2 Å². The largest absolute Gasteiger partial charge is 0.496 e. The first-order chi connectivity index (χ1) is 7.22. The van der Waals surface area contributed by atoms with Crippen molar-refractivity contribution in [3.8, 4) is 11.8 Å². The molecule has 1 aliphatic heterocycles. The third-order valence-corrected chi connectivity index (χ3v) is 2.86. The Hall–Kier alpha value is -1.53. The van der Waals surface area contributed by atoms with Crippen LogP contribution in [0.3, 0.4) is 0 Å². The van der Waals surface area contributed by atoms with Gasteiger partial charge in [-0.2, -0.15) is 5.26 Å². The van der Waals surface area contributed by atoms with Gasteiger partial charge in [-0.15, -0.1) is 0 Å². The fourth-order valence-electron chi connectivity index (χ4n) is 1.78. The van der Waals surface area contributed by atoms with Gasteiger partial charge in [-0.25, -0.2) is 0 Å². The minimum Gasteiger partial charge on any atom is -0.496 e. The van der Waals surface area contributed by atoms with Crippen LogP contribution in [0, 0.1) is 18.3 Å². The van der Waals surface area contributed by atoms with Crippen LogP contribution in [0.25, 0.3) is 0 Å². The number of rotatable bonds is 2. The molecule has 0 spiro atoms. The monoisotopic (exact) mass is 203 g/mol. The van der Waals surface area contributed by atoms with Gasteiger partial charge in [0.25, 0.3) is 0 Å². The van der Waals surface area contributed by atoms with Gasteiger partial charge in [0.15, 0.2) is 0 Å². The number of aryl methyl sites for hydroxylation is 1. The van der Waals surface area contributed by atoms with Crippen molar-refractivity contribution < 1.29 is 9.47 Å². The lowest BCUT2D eigenvalue weighted by atomic mass is 9.79. The highest BCUT2D eigenvalue weighted by Crippen LogP contribution is 2.33. The molecule has 1 saturated heterocycles. The van der Waals surface area contributed by atoms with E-state index in [0.717, 1.165) is 16.9 Å². The van der Waals surface area contributed by atoms with Gasteiger partial charge < -0.3 is 9.47 Å². The van der Waals surface area contributed by atoms with Gasteiger partial charge in [-0.05, 0) is 24.1 Å². The molecule has 2 rings (SSSR count). The van der Waals surface area contributed by atoms with E-state index in [-0.39, 0.29) is 0 Å². The molecule has 3 nitrogen and oxygen atoms in total. The van der Waals surface area contributed by atoms with Crippen LogP contribution in [0.5, 0.6) is 5.75 Å². The van der Waals surface area contributed by atoms with Crippen LogP contribution in [-0.4, -0.2) is 20.3 Å². The number of hydrogen-bond acceptors (Lipinski definition) is 3. The molecular formula is C12H13NO2. The van der Waals surface area contributed by atoms with Gasteiger partial charge >= 0.3 is 0 Å². The van der Waals surface area contributed by atoms with Crippen LogP contribution in [0.1, 0.15) is 11.1 Å². The topological polar surface area (TPSA) is 42.2 Å². The van der Waals surface area contributed by atoms with E-state index in [0.29, 0.717) is 13.2 Å². The summed E-state index contributed by atoms with van der Waals surface area (Å²) in [6.07, 6.45) is 0. The van der Waals surface area contributed by atoms with Gasteiger partial charge in [0.1, 0.15) is 11.2 Å². The number of methoxy groups -OCH3 is 1. The van der Waals surface area contributed by atoms with Gasteiger partial charge in [-0.1, -0.05) is 12.1 Å². The Morgan fingerprint density at radius 1 is 1.47 bits per heavy atom. The normalized spacial score (nSPS) is 17.7. The van der Waals surface area contributed by atoms with Crippen molar-refractivity contribution in [1.82, 2.24) is 0 Å². The Bertz CT molecular complexity index is 416. The first-order valence-electron chi connectivity index (χ1n) is 4.86. The van der Waals surface area contributed by atoms with Crippen LogP contribution in [0.4, 0.5) is 0 Å². The molecule has 0 radical (unpaired) electrons. The zero-order valence-corrected chi connectivity index (χ0v) is 8.91. The predicted octanol–water partition coefficient (Wildman–Crippen LogP) is 1.80. The van der Waals surface area contributed by atoms with E-state index in [2.05, 4.69) is 6.07 Å². The molecular weight excluding hydrogens is 190 g/mol. The Labute approximate surface area is 89.2 Å². The van der Waals surface area contributed by atoms with Crippen molar-refractivity contribution in [3.63, 3.8) is 0 Å². The zero-order chi connectivity index (χ0) is 10.9. The standard InChI is InChI=1S/C12H13NO2/c1-9-5-10(3-4-11(9)14-2)12(6-13)7-15-8-12/h3-5H,7-8H2,1-2H3. The maximum Gasteiger partial charge on any atom is 0.129 e. The van der Waals surface area contributed by atoms with E-state index in [1.54, 1.807) is 7.11 Å². The van der Waals surface area contributed by atoms with Crippen molar-refractivity contribution in [2.24, 2.45) is 0 Å². The summed E-state index contributed by atoms with van der Waals surface area (Å²) in [6.45, 7) is 2.97. The van der Waals surface area contributed by atoms with Crippen LogP contribution >= 0.6 is 0 Å². The number of nitriles is 1. The molecule has 1 fully saturated rings. The third-order valence-electron chi connectivity index (χ3n) is 2.86. The number of ether oxygens (including phenoxy) is 2. The van der Waals surface area contributed by atoms with Crippen molar-refractivity contribution in [1.29, 1.82) is 5.26 Å². The molecule has 0 unspecified atom stereocenters. The van der Waals surface area contributed by atoms with Crippen molar-refractivity contribution in [3.05, 3.63) is 29.3 Å². The van der Waals surface area contributed by atoms with Gasteiger partial charge in [0.05, 0.1) is 26.4 Å². The van der Waals surface area contributed by atoms with E-state index < -0.39 is 5.41 Å². The fourth-order valence-corrected chi connectivity index (χ4v) is 1.78. The highest BCUT2D eigenvalue weighted by atomic mass is 16.5.